The van der Waals surface area contributed by atoms with Crippen LogP contribution in [0.25, 0.3) is 0 Å². The number of hydrogen-bond acceptors (Lipinski definition) is 5. The molecule has 0 saturated carbocycles. The lowest BCUT2D eigenvalue weighted by molar-refractivity contribution is -0.142. The smallest absolute Gasteiger partial charge is 0.337 e. The summed E-state index contributed by atoms with van der Waals surface area (Å²) in [6, 6.07) is 8.18. The molecule has 0 aliphatic heterocycles. The van der Waals surface area contributed by atoms with E-state index >= 15 is 0 Å². The predicted octanol–water partition coefficient (Wildman–Crippen LogP) is 3.25. The number of hydrogen-bond donors (Lipinski definition) is 0. The molecule has 0 bridgehead atoms. The van der Waals surface area contributed by atoms with E-state index in [2.05, 4.69) is 4.74 Å². The third kappa shape index (κ3) is 4.86. The molecule has 0 saturated heterocycles. The maximum Gasteiger partial charge on any atom is 0.337 e. The van der Waals surface area contributed by atoms with Gasteiger partial charge < -0.3 is 14.0 Å². The van der Waals surface area contributed by atoms with Crippen molar-refractivity contribution in [2.45, 2.75) is 26.5 Å². The highest BCUT2D eigenvalue weighted by molar-refractivity contribution is 6.34. The molecule has 1 aromatic carbocycles. The molecule has 2 aromatic rings. The molecule has 0 aliphatic rings. The van der Waals surface area contributed by atoms with Gasteiger partial charge in [-0.1, -0.05) is 35.3 Å². The molecular weight excluding hydrogens is 381 g/mol. The highest BCUT2D eigenvalue weighted by atomic mass is 35.5. The summed E-state index contributed by atoms with van der Waals surface area (Å²) in [6.45, 7) is 1.43. The van der Waals surface area contributed by atoms with Crippen molar-refractivity contribution >= 4 is 35.1 Å². The topological polar surface area (TPSA) is 74.6 Å². The minimum Gasteiger partial charge on any atom is -0.465 e. The van der Waals surface area contributed by atoms with Crippen LogP contribution >= 0.6 is 23.2 Å². The normalized spacial score (nSPS) is 10.5. The lowest BCUT2D eigenvalue weighted by Crippen LogP contribution is -2.26. The third-order valence-electron chi connectivity index (χ3n) is 3.72. The predicted molar refractivity (Wildman–Crippen MR) is 97.7 cm³/mol. The molecule has 1 aromatic heterocycles. The quantitative estimate of drug-likeness (QED) is 0.699. The van der Waals surface area contributed by atoms with Gasteiger partial charge in [-0.25, -0.2) is 4.79 Å². The summed E-state index contributed by atoms with van der Waals surface area (Å²) in [5.74, 6) is -0.897. The number of carbonyl (C=O) groups excluding carboxylic acids is 2. The SMILES string of the molecule is COC(=O)c1ccc(CCn2c(COC(C)=O)c(Cl)cc(Cl)c2=O)cc1. The van der Waals surface area contributed by atoms with Gasteiger partial charge in [0.15, 0.2) is 0 Å². The fraction of sp³-hybridized carbons (Fsp3) is 0.278. The minimum absolute atomic E-state index is 0.0115. The molecule has 26 heavy (non-hydrogen) atoms. The molecule has 0 atom stereocenters. The van der Waals surface area contributed by atoms with E-state index in [1.54, 1.807) is 24.3 Å². The molecule has 2 rings (SSSR count). The summed E-state index contributed by atoms with van der Waals surface area (Å²) in [5.41, 5.74) is 1.31. The van der Waals surface area contributed by atoms with Crippen LogP contribution < -0.4 is 5.56 Å². The van der Waals surface area contributed by atoms with Gasteiger partial charge in [-0.3, -0.25) is 9.59 Å². The van der Waals surface area contributed by atoms with Gasteiger partial charge in [-0.05, 0) is 30.2 Å². The molecule has 0 radical (unpaired) electrons. The fourth-order valence-electron chi connectivity index (χ4n) is 2.36. The minimum atomic E-state index is -0.478. The first-order chi connectivity index (χ1) is 12.3. The van der Waals surface area contributed by atoms with Crippen LogP contribution in [0.2, 0.25) is 10.0 Å². The van der Waals surface area contributed by atoms with Gasteiger partial charge in [0.1, 0.15) is 11.6 Å². The number of halogens is 2. The molecule has 6 nitrogen and oxygen atoms in total. The summed E-state index contributed by atoms with van der Waals surface area (Å²) < 4.78 is 11.0. The highest BCUT2D eigenvalue weighted by Gasteiger charge is 2.14. The van der Waals surface area contributed by atoms with Gasteiger partial charge in [-0.15, -0.1) is 0 Å². The van der Waals surface area contributed by atoms with Gasteiger partial charge in [0.05, 0.1) is 23.4 Å². The lowest BCUT2D eigenvalue weighted by atomic mass is 10.1. The average Bonchev–Trinajstić information content (AvgIpc) is 2.62. The van der Waals surface area contributed by atoms with Gasteiger partial charge >= 0.3 is 11.9 Å². The number of esters is 2. The fourth-order valence-corrected chi connectivity index (χ4v) is 2.89. The number of methoxy groups -OCH3 is 1. The van der Waals surface area contributed by atoms with Crippen LogP contribution in [0.15, 0.2) is 35.1 Å². The molecule has 0 aliphatic carbocycles. The van der Waals surface area contributed by atoms with Crippen molar-refractivity contribution < 1.29 is 19.1 Å². The average molecular weight is 398 g/mol. The molecule has 0 spiro atoms. The Morgan fingerprint density at radius 2 is 1.77 bits per heavy atom. The van der Waals surface area contributed by atoms with E-state index in [-0.39, 0.29) is 23.2 Å². The molecular formula is C18H17Cl2NO5. The first-order valence-electron chi connectivity index (χ1n) is 7.71. The Labute approximate surface area is 160 Å². The second kappa shape index (κ2) is 8.87. The zero-order valence-corrected chi connectivity index (χ0v) is 15.8. The second-order valence-corrected chi connectivity index (χ2v) is 6.28. The molecule has 0 fully saturated rings. The zero-order chi connectivity index (χ0) is 19.3. The first-order valence-corrected chi connectivity index (χ1v) is 8.47. The Morgan fingerprint density at radius 1 is 1.12 bits per heavy atom. The Hall–Kier alpha value is -2.31. The summed E-state index contributed by atoms with van der Waals surface area (Å²) >= 11 is 12.1. The Balaban J connectivity index is 2.23. The van der Waals surface area contributed by atoms with E-state index in [1.165, 1.54) is 24.7 Å². The second-order valence-electron chi connectivity index (χ2n) is 5.46. The van der Waals surface area contributed by atoms with Gasteiger partial charge in [0, 0.05) is 13.5 Å². The van der Waals surface area contributed by atoms with Crippen molar-refractivity contribution in [1.29, 1.82) is 0 Å². The number of carbonyl (C=O) groups is 2. The van der Waals surface area contributed by atoms with E-state index in [9.17, 15) is 14.4 Å². The molecule has 1 heterocycles. The van der Waals surface area contributed by atoms with Crippen molar-refractivity contribution in [1.82, 2.24) is 4.57 Å². The summed E-state index contributed by atoms with van der Waals surface area (Å²) in [4.78, 5) is 34.9. The maximum absolute atomic E-state index is 12.4. The van der Waals surface area contributed by atoms with Crippen molar-refractivity contribution in [3.8, 4) is 0 Å². The number of aromatic nitrogens is 1. The number of aryl methyl sites for hydroxylation is 1. The summed E-state index contributed by atoms with van der Waals surface area (Å²) in [6.07, 6.45) is 0.491. The number of rotatable bonds is 6. The van der Waals surface area contributed by atoms with E-state index in [0.717, 1.165) is 5.56 Å². The van der Waals surface area contributed by atoms with Crippen molar-refractivity contribution in [3.05, 3.63) is 67.6 Å². The van der Waals surface area contributed by atoms with E-state index in [1.807, 2.05) is 0 Å². The highest BCUT2D eigenvalue weighted by Crippen LogP contribution is 2.20. The third-order valence-corrected chi connectivity index (χ3v) is 4.31. The van der Waals surface area contributed by atoms with Gasteiger partial charge in [-0.2, -0.15) is 0 Å². The van der Waals surface area contributed by atoms with E-state index < -0.39 is 17.5 Å². The first kappa shape index (κ1) is 20.0. The number of benzene rings is 1. The van der Waals surface area contributed by atoms with E-state index in [0.29, 0.717) is 17.7 Å². The van der Waals surface area contributed by atoms with Crippen LogP contribution in [0.4, 0.5) is 0 Å². The summed E-state index contributed by atoms with van der Waals surface area (Å²) in [7, 11) is 1.32. The molecule has 0 N–H and O–H groups in total. The monoisotopic (exact) mass is 397 g/mol. The Morgan fingerprint density at radius 3 is 2.35 bits per heavy atom. The number of nitrogens with zero attached hydrogens (tertiary/aromatic N) is 1. The Bertz CT molecular complexity index is 874. The lowest BCUT2D eigenvalue weighted by Gasteiger charge is -2.15. The standard InChI is InChI=1S/C18H17Cl2NO5/c1-11(22)26-10-16-14(19)9-15(20)17(23)21(16)8-7-12-3-5-13(6-4-12)18(24)25-2/h3-6,9H,7-8,10H2,1-2H3. The number of pyridine rings is 1. The largest absolute Gasteiger partial charge is 0.465 e. The zero-order valence-electron chi connectivity index (χ0n) is 14.3. The van der Waals surface area contributed by atoms with Gasteiger partial charge in [0.2, 0.25) is 0 Å². The number of ether oxygens (including phenoxy) is 2. The molecule has 0 unspecified atom stereocenters. The van der Waals surface area contributed by atoms with Crippen LogP contribution in [-0.4, -0.2) is 23.6 Å². The van der Waals surface area contributed by atoms with Crippen molar-refractivity contribution in [2.75, 3.05) is 7.11 Å². The van der Waals surface area contributed by atoms with Crippen LogP contribution in [0.3, 0.4) is 0 Å². The van der Waals surface area contributed by atoms with Crippen LogP contribution in [0.1, 0.15) is 28.5 Å². The molecule has 0 amide bonds. The Kier molecular flexibility index (Phi) is 6.83. The molecule has 138 valence electrons. The maximum atomic E-state index is 12.4. The van der Waals surface area contributed by atoms with Crippen LogP contribution in [-0.2, 0) is 33.8 Å². The van der Waals surface area contributed by atoms with Crippen molar-refractivity contribution in [2.24, 2.45) is 0 Å². The van der Waals surface area contributed by atoms with E-state index in [4.69, 9.17) is 27.9 Å². The van der Waals surface area contributed by atoms with Crippen LogP contribution in [0.5, 0.6) is 0 Å². The van der Waals surface area contributed by atoms with Crippen molar-refractivity contribution in [3.63, 3.8) is 0 Å². The summed E-state index contributed by atoms with van der Waals surface area (Å²) in [5, 5.41) is 0.236. The van der Waals surface area contributed by atoms with Gasteiger partial charge in [0.25, 0.3) is 5.56 Å². The molecule has 8 heteroatoms. The van der Waals surface area contributed by atoms with Crippen LogP contribution in [0, 0.1) is 0 Å².